The van der Waals surface area contributed by atoms with Gasteiger partial charge in [0.05, 0.1) is 5.69 Å². The largest absolute Gasteiger partial charge is 0.350 e. The van der Waals surface area contributed by atoms with E-state index in [2.05, 4.69) is 66.5 Å². The average Bonchev–Trinajstić information content (AvgIpc) is 3.23. The highest BCUT2D eigenvalue weighted by atomic mass is 15.2. The van der Waals surface area contributed by atoms with E-state index < -0.39 is 0 Å². The maximum Gasteiger partial charge on any atom is 0.225 e. The minimum absolute atomic E-state index is 0.0535. The van der Waals surface area contributed by atoms with E-state index in [1.165, 1.54) is 18.4 Å². The molecule has 2 aromatic rings. The Hall–Kier alpha value is -2.10. The van der Waals surface area contributed by atoms with Gasteiger partial charge in [0.15, 0.2) is 0 Å². The zero-order valence-electron chi connectivity index (χ0n) is 13.8. The molecule has 1 saturated carbocycles. The highest BCUT2D eigenvalue weighted by molar-refractivity contribution is 5.61. The molecular formula is C18H24N4. The molecule has 0 bridgehead atoms. The number of hydrogen-bond acceptors (Lipinski definition) is 4. The molecule has 0 saturated heterocycles. The number of para-hydroxylation sites is 1. The molecule has 116 valence electrons. The van der Waals surface area contributed by atoms with Gasteiger partial charge >= 0.3 is 0 Å². The van der Waals surface area contributed by atoms with Gasteiger partial charge in [0, 0.05) is 23.2 Å². The quantitative estimate of drug-likeness (QED) is 0.864. The summed E-state index contributed by atoms with van der Waals surface area (Å²) in [5.74, 6) is 2.16. The Morgan fingerprint density at radius 2 is 1.82 bits per heavy atom. The number of hydrogen-bond donors (Lipinski definition) is 2. The van der Waals surface area contributed by atoms with Gasteiger partial charge in [-0.2, -0.15) is 4.98 Å². The van der Waals surface area contributed by atoms with Crippen molar-refractivity contribution in [2.45, 2.75) is 52.0 Å². The summed E-state index contributed by atoms with van der Waals surface area (Å²) in [6, 6.07) is 10.3. The van der Waals surface area contributed by atoms with Gasteiger partial charge in [-0.3, -0.25) is 0 Å². The van der Waals surface area contributed by atoms with Gasteiger partial charge in [0.25, 0.3) is 0 Å². The van der Waals surface area contributed by atoms with Crippen LogP contribution in [0.4, 0.5) is 17.5 Å². The topological polar surface area (TPSA) is 49.8 Å². The molecule has 0 radical (unpaired) electrons. The molecule has 1 aliphatic rings. The maximum absolute atomic E-state index is 4.68. The molecule has 1 heterocycles. The molecule has 1 fully saturated rings. The number of aromatic nitrogens is 2. The first-order valence-electron chi connectivity index (χ1n) is 7.90. The lowest BCUT2D eigenvalue weighted by Crippen LogP contribution is -2.27. The SMILES string of the molecule is Cc1ccccc1Nc1cc(C2CC2)nc(NC(C)(C)C)n1. The third-order valence-corrected chi connectivity index (χ3v) is 3.64. The Bertz CT molecular complexity index is 669. The Morgan fingerprint density at radius 3 is 2.45 bits per heavy atom. The summed E-state index contributed by atoms with van der Waals surface area (Å²) in [5, 5.41) is 6.81. The second kappa shape index (κ2) is 5.59. The van der Waals surface area contributed by atoms with Crippen LogP contribution in [0.25, 0.3) is 0 Å². The molecule has 0 amide bonds. The fourth-order valence-electron chi connectivity index (χ4n) is 2.36. The summed E-state index contributed by atoms with van der Waals surface area (Å²) in [5.41, 5.74) is 3.38. The minimum atomic E-state index is -0.0535. The van der Waals surface area contributed by atoms with Crippen LogP contribution in [0.1, 0.15) is 50.8 Å². The van der Waals surface area contributed by atoms with Crippen LogP contribution in [0.2, 0.25) is 0 Å². The van der Waals surface area contributed by atoms with Crippen LogP contribution in [0, 0.1) is 6.92 Å². The fourth-order valence-corrected chi connectivity index (χ4v) is 2.36. The molecule has 0 unspecified atom stereocenters. The summed E-state index contributed by atoms with van der Waals surface area (Å²) in [6.07, 6.45) is 2.46. The van der Waals surface area contributed by atoms with Gasteiger partial charge in [0.2, 0.25) is 5.95 Å². The zero-order valence-corrected chi connectivity index (χ0v) is 13.8. The molecular weight excluding hydrogens is 272 g/mol. The fraction of sp³-hybridized carbons (Fsp3) is 0.444. The van der Waals surface area contributed by atoms with Crippen molar-refractivity contribution in [3.05, 3.63) is 41.6 Å². The molecule has 1 aromatic heterocycles. The van der Waals surface area contributed by atoms with Gasteiger partial charge in [-0.1, -0.05) is 18.2 Å². The summed E-state index contributed by atoms with van der Waals surface area (Å²) in [4.78, 5) is 9.31. The predicted octanol–water partition coefficient (Wildman–Crippen LogP) is 4.62. The van der Waals surface area contributed by atoms with Crippen LogP contribution in [-0.2, 0) is 0 Å². The van der Waals surface area contributed by atoms with Gasteiger partial charge in [-0.25, -0.2) is 4.98 Å². The second-order valence-electron chi connectivity index (χ2n) is 7.09. The number of aryl methyl sites for hydroxylation is 1. The summed E-state index contributed by atoms with van der Waals surface area (Å²) >= 11 is 0. The first-order valence-corrected chi connectivity index (χ1v) is 7.90. The standard InChI is InChI=1S/C18H24N4/c1-12-7-5-6-8-14(12)19-16-11-15(13-9-10-13)20-17(21-16)22-18(2,3)4/h5-8,11,13H,9-10H2,1-4H3,(H2,19,20,21,22). The van der Waals surface area contributed by atoms with Crippen molar-refractivity contribution >= 4 is 17.5 Å². The first-order chi connectivity index (χ1) is 10.4. The van der Waals surface area contributed by atoms with Crippen LogP contribution in [0.5, 0.6) is 0 Å². The summed E-state index contributed by atoms with van der Waals surface area (Å²) < 4.78 is 0. The minimum Gasteiger partial charge on any atom is -0.350 e. The summed E-state index contributed by atoms with van der Waals surface area (Å²) in [7, 11) is 0. The van der Waals surface area contributed by atoms with E-state index in [0.29, 0.717) is 11.9 Å². The van der Waals surface area contributed by atoms with Crippen LogP contribution in [-0.4, -0.2) is 15.5 Å². The molecule has 0 atom stereocenters. The molecule has 4 heteroatoms. The van der Waals surface area contributed by atoms with Crippen molar-refractivity contribution in [2.75, 3.05) is 10.6 Å². The maximum atomic E-state index is 4.68. The third kappa shape index (κ3) is 3.75. The smallest absolute Gasteiger partial charge is 0.225 e. The number of rotatable bonds is 4. The van der Waals surface area contributed by atoms with E-state index >= 15 is 0 Å². The lowest BCUT2D eigenvalue weighted by molar-refractivity contribution is 0.625. The van der Waals surface area contributed by atoms with Crippen molar-refractivity contribution in [1.82, 2.24) is 9.97 Å². The Labute approximate surface area is 132 Å². The number of nitrogens with one attached hydrogen (secondary N) is 2. The van der Waals surface area contributed by atoms with Crippen molar-refractivity contribution in [2.24, 2.45) is 0 Å². The van der Waals surface area contributed by atoms with Crippen LogP contribution >= 0.6 is 0 Å². The molecule has 4 nitrogen and oxygen atoms in total. The average molecular weight is 296 g/mol. The van der Waals surface area contributed by atoms with E-state index in [9.17, 15) is 0 Å². The Balaban J connectivity index is 1.91. The van der Waals surface area contributed by atoms with Gasteiger partial charge in [-0.15, -0.1) is 0 Å². The highest BCUT2D eigenvalue weighted by Crippen LogP contribution is 2.40. The third-order valence-electron chi connectivity index (χ3n) is 3.64. The van der Waals surface area contributed by atoms with E-state index in [1.54, 1.807) is 0 Å². The second-order valence-corrected chi connectivity index (χ2v) is 7.09. The van der Waals surface area contributed by atoms with Crippen molar-refractivity contribution in [1.29, 1.82) is 0 Å². The molecule has 0 aliphatic heterocycles. The van der Waals surface area contributed by atoms with Crippen LogP contribution in [0.15, 0.2) is 30.3 Å². The number of benzene rings is 1. The van der Waals surface area contributed by atoms with Crippen LogP contribution < -0.4 is 10.6 Å². The van der Waals surface area contributed by atoms with Crippen molar-refractivity contribution < 1.29 is 0 Å². The van der Waals surface area contributed by atoms with Crippen molar-refractivity contribution in [3.8, 4) is 0 Å². The van der Waals surface area contributed by atoms with E-state index in [4.69, 9.17) is 0 Å². The molecule has 1 aliphatic carbocycles. The van der Waals surface area contributed by atoms with E-state index in [-0.39, 0.29) is 5.54 Å². The van der Waals surface area contributed by atoms with Gasteiger partial charge < -0.3 is 10.6 Å². The van der Waals surface area contributed by atoms with Crippen molar-refractivity contribution in [3.63, 3.8) is 0 Å². The van der Waals surface area contributed by atoms with E-state index in [1.807, 2.05) is 12.1 Å². The zero-order chi connectivity index (χ0) is 15.7. The van der Waals surface area contributed by atoms with Gasteiger partial charge in [-0.05, 0) is 52.2 Å². The normalized spacial score (nSPS) is 14.7. The molecule has 3 rings (SSSR count). The molecule has 2 N–H and O–H groups in total. The molecule has 1 aromatic carbocycles. The lowest BCUT2D eigenvalue weighted by Gasteiger charge is -2.21. The Kier molecular flexibility index (Phi) is 3.77. The monoisotopic (exact) mass is 296 g/mol. The first kappa shape index (κ1) is 14.8. The molecule has 0 spiro atoms. The predicted molar refractivity (Wildman–Crippen MR) is 91.8 cm³/mol. The lowest BCUT2D eigenvalue weighted by atomic mass is 10.1. The van der Waals surface area contributed by atoms with E-state index in [0.717, 1.165) is 17.2 Å². The number of nitrogens with zero attached hydrogens (tertiary/aromatic N) is 2. The van der Waals surface area contributed by atoms with Crippen LogP contribution in [0.3, 0.4) is 0 Å². The van der Waals surface area contributed by atoms with Gasteiger partial charge in [0.1, 0.15) is 5.82 Å². The molecule has 22 heavy (non-hydrogen) atoms. The number of anilines is 3. The highest BCUT2D eigenvalue weighted by Gasteiger charge is 2.26. The Morgan fingerprint density at radius 1 is 1.09 bits per heavy atom. The summed E-state index contributed by atoms with van der Waals surface area (Å²) in [6.45, 7) is 8.46.